The van der Waals surface area contributed by atoms with E-state index in [4.69, 9.17) is 14.5 Å². The third-order valence-corrected chi connectivity index (χ3v) is 5.46. The van der Waals surface area contributed by atoms with E-state index >= 15 is 0 Å². The number of morpholine rings is 1. The van der Waals surface area contributed by atoms with Crippen LogP contribution in [0.15, 0.2) is 73.1 Å². The van der Waals surface area contributed by atoms with Crippen LogP contribution < -0.4 is 4.74 Å². The molecule has 156 valence electrons. The average Bonchev–Trinajstić information content (AvgIpc) is 3.29. The number of methoxy groups -OCH3 is 1. The Morgan fingerprint density at radius 1 is 1.10 bits per heavy atom. The Labute approximate surface area is 179 Å². The highest BCUT2D eigenvalue weighted by Crippen LogP contribution is 2.27. The Morgan fingerprint density at radius 2 is 1.97 bits per heavy atom. The van der Waals surface area contributed by atoms with Crippen molar-refractivity contribution in [2.45, 2.75) is 6.10 Å². The van der Waals surface area contributed by atoms with Gasteiger partial charge in [0.15, 0.2) is 0 Å². The Hall–Kier alpha value is -3.71. The zero-order valence-electron chi connectivity index (χ0n) is 17.1. The number of imidazole rings is 1. The fourth-order valence-corrected chi connectivity index (χ4v) is 3.85. The van der Waals surface area contributed by atoms with Crippen LogP contribution in [0.3, 0.4) is 0 Å². The molecular formula is C24H22N4O3. The number of hydrogen-bond acceptors (Lipinski definition) is 5. The van der Waals surface area contributed by atoms with Crippen molar-refractivity contribution in [3.05, 3.63) is 84.3 Å². The van der Waals surface area contributed by atoms with Gasteiger partial charge >= 0.3 is 0 Å². The number of nitrogens with zero attached hydrogens (tertiary/aromatic N) is 4. The first-order chi connectivity index (χ1) is 15.2. The second-order valence-corrected chi connectivity index (χ2v) is 7.37. The number of carbonyl (C=O) groups excluding carboxylic acids is 1. The Bertz CT molecular complexity index is 1200. The molecule has 1 aromatic carbocycles. The van der Waals surface area contributed by atoms with Crippen LogP contribution in [0.4, 0.5) is 0 Å². The van der Waals surface area contributed by atoms with Crippen molar-refractivity contribution in [1.82, 2.24) is 19.3 Å². The molecule has 1 amide bonds. The van der Waals surface area contributed by atoms with Crippen molar-refractivity contribution in [3.63, 3.8) is 0 Å². The minimum absolute atomic E-state index is 0.0164. The summed E-state index contributed by atoms with van der Waals surface area (Å²) >= 11 is 0. The standard InChI is InChI=1S/C24H22N4O3/c1-30-23-11-10-18(14-25-23)20-8-5-9-22-26-19(15-28(20)22)21-16-27(12-13-31-21)24(29)17-6-3-2-4-7-17/h2-11,14-15,21H,12-13,16H2,1H3. The van der Waals surface area contributed by atoms with Gasteiger partial charge in [-0.05, 0) is 30.3 Å². The van der Waals surface area contributed by atoms with Gasteiger partial charge in [0.05, 0.1) is 31.6 Å². The first-order valence-corrected chi connectivity index (χ1v) is 10.2. The molecule has 1 aliphatic rings. The number of carbonyl (C=O) groups is 1. The third kappa shape index (κ3) is 3.75. The molecule has 0 N–H and O–H groups in total. The van der Waals surface area contributed by atoms with Gasteiger partial charge in [0.2, 0.25) is 5.88 Å². The summed E-state index contributed by atoms with van der Waals surface area (Å²) in [6.45, 7) is 1.52. The van der Waals surface area contributed by atoms with Gasteiger partial charge < -0.3 is 14.4 Å². The second kappa shape index (κ2) is 8.20. The van der Waals surface area contributed by atoms with Crippen molar-refractivity contribution in [3.8, 4) is 17.1 Å². The molecule has 1 fully saturated rings. The van der Waals surface area contributed by atoms with Gasteiger partial charge in [-0.15, -0.1) is 0 Å². The number of hydrogen-bond donors (Lipinski definition) is 0. The lowest BCUT2D eigenvalue weighted by molar-refractivity contribution is -0.0245. The van der Waals surface area contributed by atoms with Crippen LogP contribution in [0.25, 0.3) is 16.9 Å². The van der Waals surface area contributed by atoms with E-state index in [9.17, 15) is 4.79 Å². The first kappa shape index (κ1) is 19.3. The fraction of sp³-hybridized carbons (Fsp3) is 0.208. The average molecular weight is 414 g/mol. The van der Waals surface area contributed by atoms with Crippen molar-refractivity contribution in [1.29, 1.82) is 0 Å². The zero-order chi connectivity index (χ0) is 21.2. The molecule has 5 rings (SSSR count). The van der Waals surface area contributed by atoms with Gasteiger partial charge in [0.1, 0.15) is 11.8 Å². The number of fused-ring (bicyclic) bond motifs is 1. The Balaban J connectivity index is 1.43. The lowest BCUT2D eigenvalue weighted by Crippen LogP contribution is -2.42. The van der Waals surface area contributed by atoms with Crippen LogP contribution in [0, 0.1) is 0 Å². The van der Waals surface area contributed by atoms with E-state index in [1.54, 1.807) is 13.3 Å². The van der Waals surface area contributed by atoms with E-state index < -0.39 is 0 Å². The van der Waals surface area contributed by atoms with E-state index in [2.05, 4.69) is 4.98 Å². The molecule has 1 atom stereocenters. The summed E-state index contributed by atoms with van der Waals surface area (Å²) in [5.74, 6) is 0.587. The molecule has 0 radical (unpaired) electrons. The number of aromatic nitrogens is 3. The lowest BCUT2D eigenvalue weighted by Gasteiger charge is -2.32. The highest BCUT2D eigenvalue weighted by atomic mass is 16.5. The second-order valence-electron chi connectivity index (χ2n) is 7.37. The lowest BCUT2D eigenvalue weighted by atomic mass is 10.1. The molecule has 4 aromatic rings. The van der Waals surface area contributed by atoms with Gasteiger partial charge in [0, 0.05) is 36.1 Å². The van der Waals surface area contributed by atoms with Gasteiger partial charge in [-0.3, -0.25) is 9.20 Å². The van der Waals surface area contributed by atoms with Gasteiger partial charge in [0.25, 0.3) is 5.91 Å². The SMILES string of the molecule is COc1ccc(-c2cccc3nc(C4CN(C(=O)c5ccccc5)CCO4)cn23)cn1. The van der Waals surface area contributed by atoms with E-state index in [0.29, 0.717) is 31.1 Å². The third-order valence-electron chi connectivity index (χ3n) is 5.46. The number of ether oxygens (including phenoxy) is 2. The minimum Gasteiger partial charge on any atom is -0.481 e. The minimum atomic E-state index is -0.275. The van der Waals surface area contributed by atoms with Crippen LogP contribution in [0.1, 0.15) is 22.2 Å². The molecule has 0 aliphatic carbocycles. The van der Waals surface area contributed by atoms with Crippen molar-refractivity contribution >= 4 is 11.6 Å². The van der Waals surface area contributed by atoms with Gasteiger partial charge in [-0.1, -0.05) is 24.3 Å². The Kier molecular flexibility index (Phi) is 5.09. The summed E-state index contributed by atoms with van der Waals surface area (Å²) in [5.41, 5.74) is 4.24. The van der Waals surface area contributed by atoms with Crippen LogP contribution in [-0.2, 0) is 4.74 Å². The van der Waals surface area contributed by atoms with Crippen LogP contribution >= 0.6 is 0 Å². The molecule has 4 heterocycles. The summed E-state index contributed by atoms with van der Waals surface area (Å²) in [6.07, 6.45) is 3.49. The van der Waals surface area contributed by atoms with Crippen LogP contribution in [-0.4, -0.2) is 52.0 Å². The smallest absolute Gasteiger partial charge is 0.254 e. The van der Waals surface area contributed by atoms with Crippen molar-refractivity contribution < 1.29 is 14.3 Å². The van der Waals surface area contributed by atoms with E-state index in [1.165, 1.54) is 0 Å². The topological polar surface area (TPSA) is 69.0 Å². The maximum atomic E-state index is 12.9. The summed E-state index contributed by atoms with van der Waals surface area (Å²) < 4.78 is 13.2. The van der Waals surface area contributed by atoms with E-state index in [-0.39, 0.29) is 12.0 Å². The molecule has 1 unspecified atom stereocenters. The summed E-state index contributed by atoms with van der Waals surface area (Å²) in [4.78, 5) is 23.8. The maximum Gasteiger partial charge on any atom is 0.254 e. The van der Waals surface area contributed by atoms with E-state index in [1.807, 2.05) is 76.2 Å². The van der Waals surface area contributed by atoms with Crippen LogP contribution in [0.5, 0.6) is 5.88 Å². The highest BCUT2D eigenvalue weighted by molar-refractivity contribution is 5.94. The number of benzene rings is 1. The summed E-state index contributed by atoms with van der Waals surface area (Å²) in [5, 5.41) is 0. The molecule has 1 saturated heterocycles. The monoisotopic (exact) mass is 414 g/mol. The summed E-state index contributed by atoms with van der Waals surface area (Å²) in [6, 6.07) is 19.1. The molecule has 7 heteroatoms. The first-order valence-electron chi connectivity index (χ1n) is 10.2. The fourth-order valence-electron chi connectivity index (χ4n) is 3.85. The quantitative estimate of drug-likeness (QED) is 0.510. The Morgan fingerprint density at radius 3 is 2.74 bits per heavy atom. The maximum absolute atomic E-state index is 12.9. The molecule has 0 bridgehead atoms. The van der Waals surface area contributed by atoms with Crippen LogP contribution in [0.2, 0.25) is 0 Å². The number of rotatable bonds is 4. The predicted molar refractivity (Wildman–Crippen MR) is 116 cm³/mol. The highest BCUT2D eigenvalue weighted by Gasteiger charge is 2.28. The predicted octanol–water partition coefficient (Wildman–Crippen LogP) is 3.62. The molecule has 0 saturated carbocycles. The van der Waals surface area contributed by atoms with Crippen molar-refractivity contribution in [2.24, 2.45) is 0 Å². The molecule has 1 aliphatic heterocycles. The molecular weight excluding hydrogens is 392 g/mol. The van der Waals surface area contributed by atoms with E-state index in [0.717, 1.165) is 22.6 Å². The summed E-state index contributed by atoms with van der Waals surface area (Å²) in [7, 11) is 1.60. The zero-order valence-corrected chi connectivity index (χ0v) is 17.1. The number of pyridine rings is 2. The normalized spacial score (nSPS) is 16.4. The van der Waals surface area contributed by atoms with Gasteiger partial charge in [-0.2, -0.15) is 0 Å². The molecule has 3 aromatic heterocycles. The molecule has 31 heavy (non-hydrogen) atoms. The molecule has 0 spiro atoms. The number of amides is 1. The van der Waals surface area contributed by atoms with Crippen molar-refractivity contribution in [2.75, 3.05) is 26.8 Å². The van der Waals surface area contributed by atoms with Gasteiger partial charge in [-0.25, -0.2) is 9.97 Å². The molecule has 7 nitrogen and oxygen atoms in total. The largest absolute Gasteiger partial charge is 0.481 e.